The van der Waals surface area contributed by atoms with E-state index in [1.165, 1.54) is 0 Å². The Morgan fingerprint density at radius 2 is 2.17 bits per heavy atom. The van der Waals surface area contributed by atoms with Gasteiger partial charge in [0.15, 0.2) is 0 Å². The van der Waals surface area contributed by atoms with Gasteiger partial charge in [-0.2, -0.15) is 0 Å². The van der Waals surface area contributed by atoms with Gasteiger partial charge in [-0.15, -0.1) is 9.03 Å². The van der Waals surface area contributed by atoms with Crippen LogP contribution in [0.5, 0.6) is 0 Å². The fourth-order valence-corrected chi connectivity index (χ4v) is 2.88. The SMILES string of the molecule is Cc1cc(CN[S@@+]([O-])N2CCNCC2)ccc1N. The van der Waals surface area contributed by atoms with Gasteiger partial charge in [0.25, 0.3) is 0 Å². The zero-order valence-corrected chi connectivity index (χ0v) is 11.4. The van der Waals surface area contributed by atoms with Crippen LogP contribution in [-0.4, -0.2) is 35.0 Å². The highest BCUT2D eigenvalue weighted by Crippen LogP contribution is 2.13. The zero-order chi connectivity index (χ0) is 13.0. The number of aryl methyl sites for hydroxylation is 1. The summed E-state index contributed by atoms with van der Waals surface area (Å²) in [5.41, 5.74) is 8.72. The maximum atomic E-state index is 12.0. The van der Waals surface area contributed by atoms with E-state index in [1.54, 1.807) is 0 Å². The van der Waals surface area contributed by atoms with Gasteiger partial charge in [0, 0.05) is 18.8 Å². The summed E-state index contributed by atoms with van der Waals surface area (Å²) >= 11 is -1.11. The van der Waals surface area contributed by atoms with Crippen molar-refractivity contribution in [2.75, 3.05) is 31.9 Å². The van der Waals surface area contributed by atoms with Crippen LogP contribution in [0.3, 0.4) is 0 Å². The second-order valence-corrected chi connectivity index (χ2v) is 5.74. The normalized spacial score (nSPS) is 18.8. The molecule has 1 atom stereocenters. The van der Waals surface area contributed by atoms with Crippen LogP contribution < -0.4 is 15.8 Å². The highest BCUT2D eigenvalue weighted by atomic mass is 32.2. The molecule has 1 saturated heterocycles. The van der Waals surface area contributed by atoms with Crippen LogP contribution >= 0.6 is 0 Å². The van der Waals surface area contributed by atoms with Crippen molar-refractivity contribution in [2.45, 2.75) is 13.5 Å². The summed E-state index contributed by atoms with van der Waals surface area (Å²) < 4.78 is 17.0. The van der Waals surface area contributed by atoms with Crippen LogP contribution in [0.15, 0.2) is 18.2 Å². The fourth-order valence-electron chi connectivity index (χ4n) is 1.89. The maximum absolute atomic E-state index is 12.0. The molecular formula is C12H20N4OS. The van der Waals surface area contributed by atoms with Crippen LogP contribution in [0.1, 0.15) is 11.1 Å². The molecule has 1 aliphatic rings. The van der Waals surface area contributed by atoms with Crippen molar-refractivity contribution in [3.63, 3.8) is 0 Å². The van der Waals surface area contributed by atoms with Crippen molar-refractivity contribution >= 4 is 17.2 Å². The second-order valence-electron chi connectivity index (χ2n) is 4.44. The molecule has 0 aliphatic carbocycles. The molecule has 1 aliphatic heterocycles. The summed E-state index contributed by atoms with van der Waals surface area (Å²) in [5.74, 6) is 0. The minimum atomic E-state index is -1.11. The van der Waals surface area contributed by atoms with Gasteiger partial charge < -0.3 is 15.6 Å². The summed E-state index contributed by atoms with van der Waals surface area (Å²) in [7, 11) is 0. The lowest BCUT2D eigenvalue weighted by molar-refractivity contribution is 0.354. The minimum Gasteiger partial charge on any atom is -0.579 e. The average molecular weight is 268 g/mol. The molecule has 1 aromatic carbocycles. The number of hydrogen-bond acceptors (Lipinski definition) is 5. The zero-order valence-electron chi connectivity index (χ0n) is 10.6. The first kappa shape index (κ1) is 13.6. The molecule has 0 saturated carbocycles. The third-order valence-corrected chi connectivity index (χ3v) is 4.27. The van der Waals surface area contributed by atoms with Gasteiger partial charge in [-0.25, -0.2) is 0 Å². The first-order chi connectivity index (χ1) is 8.66. The maximum Gasteiger partial charge on any atom is 0.138 e. The quantitative estimate of drug-likeness (QED) is 0.535. The third-order valence-electron chi connectivity index (χ3n) is 3.04. The van der Waals surface area contributed by atoms with E-state index in [9.17, 15) is 4.55 Å². The predicted molar refractivity (Wildman–Crippen MR) is 75.0 cm³/mol. The highest BCUT2D eigenvalue weighted by Gasteiger charge is 2.21. The Balaban J connectivity index is 1.84. The predicted octanol–water partition coefficient (Wildman–Crippen LogP) is 0.151. The number of benzene rings is 1. The molecular weight excluding hydrogens is 248 g/mol. The second kappa shape index (κ2) is 6.40. The van der Waals surface area contributed by atoms with Gasteiger partial charge in [-0.1, -0.05) is 12.1 Å². The van der Waals surface area contributed by atoms with Crippen molar-refractivity contribution in [2.24, 2.45) is 0 Å². The lowest BCUT2D eigenvalue weighted by Gasteiger charge is -2.27. The van der Waals surface area contributed by atoms with E-state index in [0.717, 1.165) is 43.0 Å². The van der Waals surface area contributed by atoms with Crippen molar-refractivity contribution in [1.82, 2.24) is 14.3 Å². The number of rotatable bonds is 4. The first-order valence-electron chi connectivity index (χ1n) is 6.13. The summed E-state index contributed by atoms with van der Waals surface area (Å²) in [6.45, 7) is 6.01. The fraction of sp³-hybridized carbons (Fsp3) is 0.500. The van der Waals surface area contributed by atoms with Crippen LogP contribution in [-0.2, 0) is 18.1 Å². The Bertz CT molecular complexity index is 396. The molecule has 18 heavy (non-hydrogen) atoms. The average Bonchev–Trinajstić information content (AvgIpc) is 2.41. The van der Waals surface area contributed by atoms with E-state index in [1.807, 2.05) is 29.4 Å². The van der Waals surface area contributed by atoms with Crippen molar-refractivity contribution < 1.29 is 4.55 Å². The topological polar surface area (TPSA) is 76.4 Å². The Kier molecular flexibility index (Phi) is 4.85. The number of nitrogens with one attached hydrogen (secondary N) is 2. The lowest BCUT2D eigenvalue weighted by atomic mass is 10.1. The van der Waals surface area contributed by atoms with E-state index in [2.05, 4.69) is 10.0 Å². The Morgan fingerprint density at radius 1 is 1.44 bits per heavy atom. The highest BCUT2D eigenvalue weighted by molar-refractivity contribution is 7.87. The number of anilines is 1. The molecule has 0 bridgehead atoms. The molecule has 4 N–H and O–H groups in total. The molecule has 0 aromatic heterocycles. The lowest BCUT2D eigenvalue weighted by Crippen LogP contribution is -2.50. The largest absolute Gasteiger partial charge is 0.579 e. The van der Waals surface area contributed by atoms with Gasteiger partial charge in [0.2, 0.25) is 0 Å². The van der Waals surface area contributed by atoms with E-state index >= 15 is 0 Å². The van der Waals surface area contributed by atoms with Crippen molar-refractivity contribution in [1.29, 1.82) is 0 Å². The molecule has 1 heterocycles. The number of piperazine rings is 1. The van der Waals surface area contributed by atoms with Gasteiger partial charge in [-0.05, 0) is 24.1 Å². The Labute approximate surface area is 111 Å². The number of nitrogens with two attached hydrogens (primary N) is 1. The summed E-state index contributed by atoms with van der Waals surface area (Å²) in [6.07, 6.45) is 0. The van der Waals surface area contributed by atoms with Crippen LogP contribution in [0.2, 0.25) is 0 Å². The molecule has 1 fully saturated rings. The van der Waals surface area contributed by atoms with Crippen LogP contribution in [0, 0.1) is 6.92 Å². The van der Waals surface area contributed by atoms with E-state index in [0.29, 0.717) is 6.54 Å². The van der Waals surface area contributed by atoms with E-state index in [-0.39, 0.29) is 0 Å². The summed E-state index contributed by atoms with van der Waals surface area (Å²) in [5, 5.41) is 3.24. The minimum absolute atomic E-state index is 0.595. The molecule has 1 aromatic rings. The van der Waals surface area contributed by atoms with Gasteiger partial charge in [-0.3, -0.25) is 0 Å². The van der Waals surface area contributed by atoms with E-state index < -0.39 is 11.5 Å². The molecule has 0 radical (unpaired) electrons. The first-order valence-corrected chi connectivity index (χ1v) is 7.23. The molecule has 100 valence electrons. The standard InChI is InChI=1S/C12H20N4OS/c1-10-8-11(2-3-12(10)13)9-15-18(17)16-6-4-14-5-7-16/h2-3,8,14-15H,4-7,9,13H2,1H3/t18-/m1/s1. The molecule has 0 unspecified atom stereocenters. The Morgan fingerprint density at radius 3 is 2.83 bits per heavy atom. The van der Waals surface area contributed by atoms with Crippen molar-refractivity contribution in [3.05, 3.63) is 29.3 Å². The van der Waals surface area contributed by atoms with Gasteiger partial charge in [0.1, 0.15) is 11.5 Å². The smallest absolute Gasteiger partial charge is 0.138 e. The van der Waals surface area contributed by atoms with Crippen LogP contribution in [0.4, 0.5) is 5.69 Å². The third kappa shape index (κ3) is 3.60. The molecule has 6 heteroatoms. The Hall–Kier alpha value is -0.790. The van der Waals surface area contributed by atoms with Gasteiger partial charge in [0.05, 0.1) is 19.6 Å². The molecule has 0 spiro atoms. The summed E-state index contributed by atoms with van der Waals surface area (Å²) in [6, 6.07) is 5.88. The van der Waals surface area contributed by atoms with Crippen molar-refractivity contribution in [3.8, 4) is 0 Å². The molecule has 2 rings (SSSR count). The van der Waals surface area contributed by atoms with E-state index in [4.69, 9.17) is 5.73 Å². The number of nitrogens with zero attached hydrogens (tertiary/aromatic N) is 1. The van der Waals surface area contributed by atoms with Gasteiger partial charge >= 0.3 is 0 Å². The summed E-state index contributed by atoms with van der Waals surface area (Å²) in [4.78, 5) is 0. The number of hydrogen-bond donors (Lipinski definition) is 3. The molecule has 5 nitrogen and oxygen atoms in total. The monoisotopic (exact) mass is 268 g/mol. The molecule has 0 amide bonds. The van der Waals surface area contributed by atoms with Crippen LogP contribution in [0.25, 0.3) is 0 Å². The number of nitrogen functional groups attached to an aromatic ring is 1.